The minimum atomic E-state index is -0.466. The molecule has 68 valence electrons. The normalized spacial score (nSPS) is 10.4. The van der Waals surface area contributed by atoms with E-state index < -0.39 is 9.76 Å². The molecule has 13 heavy (non-hydrogen) atoms. The van der Waals surface area contributed by atoms with Crippen LogP contribution in [-0.2, 0) is 11.0 Å². The Labute approximate surface area is 81.1 Å². The van der Waals surface area contributed by atoms with Crippen LogP contribution in [0.4, 0.5) is 0 Å². The summed E-state index contributed by atoms with van der Waals surface area (Å²) in [5.74, 6) is 0. The second-order valence-electron chi connectivity index (χ2n) is 2.80. The lowest BCUT2D eigenvalue weighted by molar-refractivity contribution is 0.324. The Morgan fingerprint density at radius 3 is 2.77 bits per heavy atom. The van der Waals surface area contributed by atoms with Gasteiger partial charge in [0.25, 0.3) is 0 Å². The first-order valence-electron chi connectivity index (χ1n) is 4.42. The zero-order valence-electron chi connectivity index (χ0n) is 7.57. The van der Waals surface area contributed by atoms with Gasteiger partial charge in [-0.2, -0.15) is 5.26 Å². The zero-order valence-corrected chi connectivity index (χ0v) is 8.98. The van der Waals surface area contributed by atoms with E-state index in [1.165, 1.54) is 5.56 Å². The Morgan fingerprint density at radius 2 is 2.08 bits per heavy atom. The summed E-state index contributed by atoms with van der Waals surface area (Å²) in [5.41, 5.74) is 1.21. The van der Waals surface area contributed by atoms with Gasteiger partial charge in [-0.3, -0.25) is 0 Å². The Balaban J connectivity index is 2.11. The van der Waals surface area contributed by atoms with E-state index in [9.17, 15) is 0 Å². The van der Waals surface area contributed by atoms with Gasteiger partial charge in [0.05, 0.1) is 12.7 Å². The average molecular weight is 191 g/mol. The highest BCUT2D eigenvalue weighted by Crippen LogP contribution is 2.00. The van der Waals surface area contributed by atoms with Gasteiger partial charge < -0.3 is 4.43 Å². The van der Waals surface area contributed by atoms with Gasteiger partial charge in [0.15, 0.2) is 9.76 Å². The summed E-state index contributed by atoms with van der Waals surface area (Å²) in [7, 11) is -0.466. The first-order chi connectivity index (χ1) is 6.43. The van der Waals surface area contributed by atoms with Crippen molar-refractivity contribution >= 4 is 9.76 Å². The minimum Gasteiger partial charge on any atom is -0.420 e. The third kappa shape index (κ3) is 4.46. The molecule has 0 aliphatic rings. The maximum Gasteiger partial charge on any atom is 0.163 e. The number of hydrogen-bond acceptors (Lipinski definition) is 2. The third-order valence-electron chi connectivity index (χ3n) is 1.69. The maximum atomic E-state index is 8.30. The standard InChI is InChI=1S/C10H13NOSi/c11-7-4-8-13-12-9-10-5-2-1-3-6-10/h1-3,5-6H,4,8-9,13H2. The van der Waals surface area contributed by atoms with Crippen LogP contribution in [0.3, 0.4) is 0 Å². The quantitative estimate of drug-likeness (QED) is 0.523. The zero-order chi connectivity index (χ0) is 9.36. The SMILES string of the molecule is N#CCC[SiH2]OCc1ccccc1. The number of rotatable bonds is 5. The Kier molecular flexibility index (Phi) is 4.91. The van der Waals surface area contributed by atoms with Crippen LogP contribution in [0.1, 0.15) is 12.0 Å². The minimum absolute atomic E-state index is 0.466. The molecule has 3 heteroatoms. The molecule has 0 bridgehead atoms. The van der Waals surface area contributed by atoms with Crippen molar-refractivity contribution in [3.63, 3.8) is 0 Å². The van der Waals surface area contributed by atoms with Crippen molar-refractivity contribution in [2.45, 2.75) is 19.1 Å². The van der Waals surface area contributed by atoms with Crippen LogP contribution in [0, 0.1) is 11.3 Å². The van der Waals surface area contributed by atoms with E-state index in [1.54, 1.807) is 0 Å². The highest BCUT2D eigenvalue weighted by atomic mass is 28.2. The van der Waals surface area contributed by atoms with E-state index in [0.29, 0.717) is 13.0 Å². The second-order valence-corrected chi connectivity index (χ2v) is 4.32. The van der Waals surface area contributed by atoms with Gasteiger partial charge in [-0.1, -0.05) is 30.3 Å². The first-order valence-corrected chi connectivity index (χ1v) is 6.00. The lowest BCUT2D eigenvalue weighted by atomic mass is 10.2. The van der Waals surface area contributed by atoms with E-state index >= 15 is 0 Å². The number of benzene rings is 1. The Bertz CT molecular complexity index is 268. The largest absolute Gasteiger partial charge is 0.420 e. The molecule has 0 N–H and O–H groups in total. The van der Waals surface area contributed by atoms with E-state index in [2.05, 4.69) is 18.2 Å². The van der Waals surface area contributed by atoms with Crippen molar-refractivity contribution in [2.75, 3.05) is 0 Å². The summed E-state index contributed by atoms with van der Waals surface area (Å²) in [6.07, 6.45) is 0.640. The predicted molar refractivity (Wildman–Crippen MR) is 54.8 cm³/mol. The molecule has 0 aliphatic carbocycles. The molecule has 0 amide bonds. The van der Waals surface area contributed by atoms with Crippen LogP contribution in [0.2, 0.25) is 6.04 Å². The second kappa shape index (κ2) is 6.41. The average Bonchev–Trinajstić information content (AvgIpc) is 2.19. The van der Waals surface area contributed by atoms with Crippen LogP contribution in [-0.4, -0.2) is 9.76 Å². The van der Waals surface area contributed by atoms with Gasteiger partial charge in [0.1, 0.15) is 0 Å². The first kappa shape index (κ1) is 9.97. The van der Waals surface area contributed by atoms with Gasteiger partial charge >= 0.3 is 0 Å². The monoisotopic (exact) mass is 191 g/mol. The van der Waals surface area contributed by atoms with Crippen molar-refractivity contribution in [2.24, 2.45) is 0 Å². The van der Waals surface area contributed by atoms with E-state index in [0.717, 1.165) is 6.04 Å². The van der Waals surface area contributed by atoms with Crippen LogP contribution < -0.4 is 0 Å². The van der Waals surface area contributed by atoms with Gasteiger partial charge in [-0.05, 0) is 11.6 Å². The van der Waals surface area contributed by atoms with Crippen molar-refractivity contribution in [1.29, 1.82) is 5.26 Å². The van der Waals surface area contributed by atoms with Crippen molar-refractivity contribution in [1.82, 2.24) is 0 Å². The van der Waals surface area contributed by atoms with Crippen molar-refractivity contribution in [3.05, 3.63) is 35.9 Å². The molecule has 0 saturated heterocycles. The molecule has 1 aromatic rings. The van der Waals surface area contributed by atoms with Gasteiger partial charge in [-0.25, -0.2) is 0 Å². The topological polar surface area (TPSA) is 33.0 Å². The van der Waals surface area contributed by atoms with Crippen LogP contribution in [0.15, 0.2) is 30.3 Å². The lowest BCUT2D eigenvalue weighted by Gasteiger charge is -2.01. The fraction of sp³-hybridized carbons (Fsp3) is 0.300. The summed E-state index contributed by atoms with van der Waals surface area (Å²) in [5, 5.41) is 8.30. The van der Waals surface area contributed by atoms with Crippen LogP contribution in [0.5, 0.6) is 0 Å². The smallest absolute Gasteiger partial charge is 0.163 e. The third-order valence-corrected chi connectivity index (χ3v) is 2.82. The molecular weight excluding hydrogens is 178 g/mol. The van der Waals surface area contributed by atoms with Crippen LogP contribution >= 0.6 is 0 Å². The molecule has 0 aromatic heterocycles. The van der Waals surface area contributed by atoms with E-state index in [4.69, 9.17) is 9.69 Å². The highest BCUT2D eigenvalue weighted by molar-refractivity contribution is 6.27. The molecular formula is C10H13NOSi. The summed E-state index contributed by atoms with van der Waals surface area (Å²) in [6.45, 7) is 0.707. The Morgan fingerprint density at radius 1 is 1.31 bits per heavy atom. The molecule has 1 rings (SSSR count). The molecule has 0 fully saturated rings. The van der Waals surface area contributed by atoms with E-state index in [1.807, 2.05) is 18.2 Å². The number of hydrogen-bond donors (Lipinski definition) is 0. The highest BCUT2D eigenvalue weighted by Gasteiger charge is 1.91. The van der Waals surface area contributed by atoms with Crippen molar-refractivity contribution in [3.8, 4) is 6.07 Å². The van der Waals surface area contributed by atoms with Gasteiger partial charge in [-0.15, -0.1) is 0 Å². The summed E-state index contributed by atoms with van der Waals surface area (Å²) in [6, 6.07) is 13.2. The summed E-state index contributed by atoms with van der Waals surface area (Å²) in [4.78, 5) is 0. The lowest BCUT2D eigenvalue weighted by Crippen LogP contribution is -1.97. The molecule has 0 radical (unpaired) electrons. The van der Waals surface area contributed by atoms with E-state index in [-0.39, 0.29) is 0 Å². The molecule has 0 spiro atoms. The summed E-state index contributed by atoms with van der Waals surface area (Å²) >= 11 is 0. The molecule has 0 aliphatic heterocycles. The molecule has 0 heterocycles. The molecule has 2 nitrogen and oxygen atoms in total. The molecule has 0 atom stereocenters. The van der Waals surface area contributed by atoms with Crippen LogP contribution in [0.25, 0.3) is 0 Å². The fourth-order valence-corrected chi connectivity index (χ4v) is 1.90. The fourth-order valence-electron chi connectivity index (χ4n) is 1.02. The molecule has 0 saturated carbocycles. The maximum absolute atomic E-state index is 8.30. The predicted octanol–water partition coefficient (Wildman–Crippen LogP) is 1.62. The van der Waals surface area contributed by atoms with Gasteiger partial charge in [0, 0.05) is 6.42 Å². The van der Waals surface area contributed by atoms with Gasteiger partial charge in [0.2, 0.25) is 0 Å². The molecule has 1 aromatic carbocycles. The summed E-state index contributed by atoms with van der Waals surface area (Å²) < 4.78 is 5.51. The Hall–Kier alpha value is -1.11. The number of nitriles is 1. The number of nitrogens with zero attached hydrogens (tertiary/aromatic N) is 1. The van der Waals surface area contributed by atoms with Crippen molar-refractivity contribution < 1.29 is 4.43 Å². The molecule has 0 unspecified atom stereocenters.